The average Bonchev–Trinajstić information content (AvgIpc) is 3.15. The van der Waals surface area contributed by atoms with E-state index in [0.717, 1.165) is 32.8 Å². The minimum atomic E-state index is 0.643. The highest BCUT2D eigenvalue weighted by Crippen LogP contribution is 2.65. The Bertz CT molecular complexity index is 348. The topological polar surface area (TPSA) is 25.4 Å². The summed E-state index contributed by atoms with van der Waals surface area (Å²) in [6.45, 7) is 4.71. The van der Waals surface area contributed by atoms with E-state index in [1.165, 1.54) is 11.3 Å². The molecule has 2 aliphatic heterocycles. The first-order chi connectivity index (χ1) is 7.92. The molecule has 5 heteroatoms. The molecular formula is C11H14N2OS2. The van der Waals surface area contributed by atoms with E-state index in [-0.39, 0.29) is 0 Å². The molecule has 0 radical (unpaired) electrons. The number of hydrogen-bond donors (Lipinski definition) is 0. The van der Waals surface area contributed by atoms with Crippen LogP contribution in [0.25, 0.3) is 0 Å². The summed E-state index contributed by atoms with van der Waals surface area (Å²) in [6.07, 6.45) is 2.02. The predicted octanol–water partition coefficient (Wildman–Crippen LogP) is 2.31. The summed E-state index contributed by atoms with van der Waals surface area (Å²) in [5.41, 5.74) is 2.52. The van der Waals surface area contributed by atoms with Crippen molar-refractivity contribution in [2.24, 2.45) is 0 Å². The van der Waals surface area contributed by atoms with Crippen LogP contribution in [0.2, 0.25) is 0 Å². The SMILES string of the molecule is c1cc(CN2CCOCC2)ncc1C1SS1. The molecule has 0 bridgehead atoms. The number of nitrogens with zero attached hydrogens (tertiary/aromatic N) is 2. The predicted molar refractivity (Wildman–Crippen MR) is 68.3 cm³/mol. The molecule has 0 atom stereocenters. The first-order valence-electron chi connectivity index (χ1n) is 5.49. The fraction of sp³-hybridized carbons (Fsp3) is 0.545. The third-order valence-electron chi connectivity index (χ3n) is 2.80. The Morgan fingerprint density at radius 2 is 2.12 bits per heavy atom. The molecule has 16 heavy (non-hydrogen) atoms. The van der Waals surface area contributed by atoms with E-state index in [1.54, 1.807) is 0 Å². The highest BCUT2D eigenvalue weighted by molar-refractivity contribution is 8.92. The second-order valence-electron chi connectivity index (χ2n) is 4.00. The van der Waals surface area contributed by atoms with Gasteiger partial charge in [0.2, 0.25) is 0 Å². The number of rotatable bonds is 3. The lowest BCUT2D eigenvalue weighted by Crippen LogP contribution is -2.35. The standard InChI is InChI=1S/C11H14N2OS2/c1-2-10(8-13-3-5-14-6-4-13)12-7-9(1)11-15-16-11/h1-2,7,11H,3-6,8H2. The lowest BCUT2D eigenvalue weighted by Gasteiger charge is -2.26. The van der Waals surface area contributed by atoms with Crippen LogP contribution in [0.4, 0.5) is 0 Å². The van der Waals surface area contributed by atoms with Crippen molar-refractivity contribution in [3.63, 3.8) is 0 Å². The van der Waals surface area contributed by atoms with E-state index in [2.05, 4.69) is 22.0 Å². The molecule has 2 fully saturated rings. The zero-order valence-corrected chi connectivity index (χ0v) is 10.6. The summed E-state index contributed by atoms with van der Waals surface area (Å²) < 4.78 is 5.97. The normalized spacial score (nSPS) is 22.2. The number of morpholine rings is 1. The fourth-order valence-corrected chi connectivity index (χ4v) is 3.19. The maximum atomic E-state index is 5.33. The molecule has 1 aromatic heterocycles. The van der Waals surface area contributed by atoms with Crippen molar-refractivity contribution in [2.75, 3.05) is 26.3 Å². The molecule has 0 aliphatic carbocycles. The Morgan fingerprint density at radius 1 is 1.31 bits per heavy atom. The van der Waals surface area contributed by atoms with E-state index >= 15 is 0 Å². The number of ether oxygens (including phenoxy) is 1. The van der Waals surface area contributed by atoms with Crippen molar-refractivity contribution in [3.05, 3.63) is 29.6 Å². The van der Waals surface area contributed by atoms with Gasteiger partial charge in [-0.15, -0.1) is 0 Å². The quantitative estimate of drug-likeness (QED) is 0.609. The van der Waals surface area contributed by atoms with Gasteiger partial charge in [-0.1, -0.05) is 27.7 Å². The zero-order valence-electron chi connectivity index (χ0n) is 8.96. The summed E-state index contributed by atoms with van der Waals surface area (Å²) in [5.74, 6) is 0. The van der Waals surface area contributed by atoms with Crippen molar-refractivity contribution in [1.82, 2.24) is 9.88 Å². The van der Waals surface area contributed by atoms with Crippen LogP contribution in [-0.4, -0.2) is 36.2 Å². The van der Waals surface area contributed by atoms with E-state index in [9.17, 15) is 0 Å². The molecule has 0 unspecified atom stereocenters. The first-order valence-corrected chi connectivity index (χ1v) is 7.76. The van der Waals surface area contributed by atoms with Crippen LogP contribution in [-0.2, 0) is 11.3 Å². The van der Waals surface area contributed by atoms with Gasteiger partial charge in [0.25, 0.3) is 0 Å². The Morgan fingerprint density at radius 3 is 2.75 bits per heavy atom. The van der Waals surface area contributed by atoms with Crippen LogP contribution >= 0.6 is 21.6 Å². The molecule has 0 spiro atoms. The molecule has 2 saturated heterocycles. The highest BCUT2D eigenvalue weighted by Gasteiger charge is 2.26. The van der Waals surface area contributed by atoms with Crippen molar-refractivity contribution in [3.8, 4) is 0 Å². The van der Waals surface area contributed by atoms with Gasteiger partial charge in [0, 0.05) is 25.8 Å². The van der Waals surface area contributed by atoms with Crippen molar-refractivity contribution in [1.29, 1.82) is 0 Å². The molecule has 3 nitrogen and oxygen atoms in total. The van der Waals surface area contributed by atoms with Crippen LogP contribution in [0.1, 0.15) is 15.8 Å². The van der Waals surface area contributed by atoms with E-state index < -0.39 is 0 Å². The maximum absolute atomic E-state index is 5.33. The fourth-order valence-electron chi connectivity index (χ4n) is 1.80. The first kappa shape index (κ1) is 10.9. The van der Waals surface area contributed by atoms with Gasteiger partial charge in [-0.25, -0.2) is 0 Å². The van der Waals surface area contributed by atoms with Gasteiger partial charge in [0.1, 0.15) is 0 Å². The van der Waals surface area contributed by atoms with Gasteiger partial charge in [-0.05, 0) is 11.6 Å². The molecule has 1 aromatic rings. The number of pyridine rings is 1. The third-order valence-corrected chi connectivity index (χ3v) is 4.89. The molecule has 2 aliphatic rings. The van der Waals surface area contributed by atoms with Crippen molar-refractivity contribution < 1.29 is 4.74 Å². The molecule has 0 saturated carbocycles. The van der Waals surface area contributed by atoms with Crippen LogP contribution < -0.4 is 0 Å². The highest BCUT2D eigenvalue weighted by atomic mass is 33.2. The largest absolute Gasteiger partial charge is 0.379 e. The average molecular weight is 254 g/mol. The van der Waals surface area contributed by atoms with Gasteiger partial charge in [0.15, 0.2) is 0 Å². The lowest BCUT2D eigenvalue weighted by atomic mass is 10.2. The summed E-state index contributed by atoms with van der Waals surface area (Å²) in [6, 6.07) is 4.37. The minimum Gasteiger partial charge on any atom is -0.379 e. The van der Waals surface area contributed by atoms with E-state index in [1.807, 2.05) is 27.8 Å². The van der Waals surface area contributed by atoms with Gasteiger partial charge in [-0.3, -0.25) is 9.88 Å². The maximum Gasteiger partial charge on any atom is 0.0974 e. The Balaban J connectivity index is 1.60. The Kier molecular flexibility index (Phi) is 3.38. The second-order valence-corrected chi connectivity index (χ2v) is 6.78. The van der Waals surface area contributed by atoms with Crippen LogP contribution in [0.15, 0.2) is 18.3 Å². The van der Waals surface area contributed by atoms with Gasteiger partial charge < -0.3 is 4.74 Å². The molecule has 0 amide bonds. The number of aromatic nitrogens is 1. The van der Waals surface area contributed by atoms with Gasteiger partial charge >= 0.3 is 0 Å². The van der Waals surface area contributed by atoms with Gasteiger partial charge in [-0.2, -0.15) is 0 Å². The lowest BCUT2D eigenvalue weighted by molar-refractivity contribution is 0.0336. The minimum absolute atomic E-state index is 0.643. The molecule has 3 heterocycles. The van der Waals surface area contributed by atoms with Crippen LogP contribution in [0, 0.1) is 0 Å². The Hall–Kier alpha value is -0.230. The third kappa shape index (κ3) is 2.71. The number of hydrogen-bond acceptors (Lipinski definition) is 5. The summed E-state index contributed by atoms with van der Waals surface area (Å²) in [5, 5.41) is 0. The summed E-state index contributed by atoms with van der Waals surface area (Å²) in [4.78, 5) is 6.92. The Labute approximate surface area is 103 Å². The monoisotopic (exact) mass is 254 g/mol. The molecule has 3 rings (SSSR count). The zero-order chi connectivity index (χ0) is 10.8. The van der Waals surface area contributed by atoms with Crippen molar-refractivity contribution >= 4 is 21.6 Å². The van der Waals surface area contributed by atoms with E-state index in [0.29, 0.717) is 4.58 Å². The molecular weight excluding hydrogens is 240 g/mol. The second kappa shape index (κ2) is 4.96. The molecule has 86 valence electrons. The van der Waals surface area contributed by atoms with Crippen LogP contribution in [0.3, 0.4) is 0 Å². The van der Waals surface area contributed by atoms with E-state index in [4.69, 9.17) is 4.74 Å². The molecule has 0 aromatic carbocycles. The summed E-state index contributed by atoms with van der Waals surface area (Å²) >= 11 is 0. The smallest absolute Gasteiger partial charge is 0.0974 e. The van der Waals surface area contributed by atoms with Gasteiger partial charge in [0.05, 0.1) is 23.5 Å². The van der Waals surface area contributed by atoms with Crippen LogP contribution in [0.5, 0.6) is 0 Å². The summed E-state index contributed by atoms with van der Waals surface area (Å²) in [7, 11) is 3.83. The molecule has 0 N–H and O–H groups in total. The van der Waals surface area contributed by atoms with Crippen molar-refractivity contribution in [2.45, 2.75) is 11.1 Å².